The van der Waals surface area contributed by atoms with Gasteiger partial charge in [0, 0.05) is 52.8 Å². The molecule has 48 heavy (non-hydrogen) atoms. The summed E-state index contributed by atoms with van der Waals surface area (Å²) < 4.78 is 62.2. The Hall–Kier alpha value is -4.46. The molecule has 0 bridgehead atoms. The highest BCUT2D eigenvalue weighted by Crippen LogP contribution is 2.44. The van der Waals surface area contributed by atoms with Gasteiger partial charge in [0.2, 0.25) is 5.91 Å². The van der Waals surface area contributed by atoms with Crippen LogP contribution in [-0.4, -0.2) is 57.3 Å². The Labute approximate surface area is 274 Å². The first-order valence-electron chi connectivity index (χ1n) is 16.1. The molecule has 2 aromatic heterocycles. The highest BCUT2D eigenvalue weighted by molar-refractivity contribution is 6.16. The largest absolute Gasteiger partial charge is 0.433 e. The van der Waals surface area contributed by atoms with E-state index in [1.807, 2.05) is 11.0 Å². The Morgan fingerprint density at radius 1 is 1.06 bits per heavy atom. The van der Waals surface area contributed by atoms with Gasteiger partial charge in [0.15, 0.2) is 0 Å². The molecule has 2 saturated carbocycles. The molecule has 14 heteroatoms. The number of anilines is 1. The van der Waals surface area contributed by atoms with Crippen LogP contribution in [0.15, 0.2) is 29.3 Å². The van der Waals surface area contributed by atoms with Gasteiger partial charge in [0.05, 0.1) is 24.8 Å². The van der Waals surface area contributed by atoms with Crippen LogP contribution in [0, 0.1) is 19.7 Å². The third-order valence-electron chi connectivity index (χ3n) is 9.44. The van der Waals surface area contributed by atoms with Crippen LogP contribution < -0.4 is 16.0 Å². The molecule has 1 spiro atoms. The summed E-state index contributed by atoms with van der Waals surface area (Å²) in [6, 6.07) is 5.61. The molecule has 3 aromatic rings. The summed E-state index contributed by atoms with van der Waals surface area (Å²) in [4.78, 5) is 44.6. The Morgan fingerprint density at radius 2 is 1.75 bits per heavy atom. The lowest BCUT2D eigenvalue weighted by Crippen LogP contribution is -2.49. The Kier molecular flexibility index (Phi) is 7.96. The zero-order chi connectivity index (χ0) is 34.0. The normalized spacial score (nSPS) is 19.1. The summed E-state index contributed by atoms with van der Waals surface area (Å²) in [6.07, 6.45) is -0.630. The number of nitrogens with two attached hydrogens (primary N) is 1. The average Bonchev–Trinajstić information content (AvgIpc) is 3.95. The second-order valence-corrected chi connectivity index (χ2v) is 13.1. The molecule has 4 heterocycles. The number of benzene rings is 1. The van der Waals surface area contributed by atoms with Crippen molar-refractivity contribution in [2.45, 2.75) is 89.1 Å². The fourth-order valence-electron chi connectivity index (χ4n) is 6.67. The number of nitrogens with one attached hydrogen (secondary N) is 1. The van der Waals surface area contributed by atoms with E-state index >= 15 is 4.39 Å². The molecule has 10 nitrogen and oxygen atoms in total. The van der Waals surface area contributed by atoms with Gasteiger partial charge in [-0.1, -0.05) is 0 Å². The molecule has 0 unspecified atom stereocenters. The highest BCUT2D eigenvalue weighted by atomic mass is 19.4. The van der Waals surface area contributed by atoms with Gasteiger partial charge in [0.25, 0.3) is 5.91 Å². The van der Waals surface area contributed by atoms with Crippen LogP contribution >= 0.6 is 0 Å². The fraction of sp³-hybridized carbons (Fsp3) is 0.471. The number of piperidine rings is 1. The number of aromatic nitrogens is 3. The number of primary amides is 1. The molecule has 4 aliphatic rings. The number of nitrogens with zero attached hydrogens (tertiary/aromatic N) is 5. The summed E-state index contributed by atoms with van der Waals surface area (Å²) in [5, 5.41) is 2.83. The van der Waals surface area contributed by atoms with E-state index in [2.05, 4.69) is 20.3 Å². The number of amidine groups is 1. The smallest absolute Gasteiger partial charge is 0.373 e. The van der Waals surface area contributed by atoms with Crippen LogP contribution in [0.4, 0.5) is 23.2 Å². The fourth-order valence-corrected chi connectivity index (χ4v) is 6.67. The zero-order valence-corrected chi connectivity index (χ0v) is 26.6. The van der Waals surface area contributed by atoms with Crippen molar-refractivity contribution in [1.29, 1.82) is 0 Å². The van der Waals surface area contributed by atoms with Gasteiger partial charge in [0.1, 0.15) is 28.7 Å². The maximum Gasteiger partial charge on any atom is 0.433 e. The summed E-state index contributed by atoms with van der Waals surface area (Å²) in [5.74, 6) is -0.863. The maximum absolute atomic E-state index is 16.0. The van der Waals surface area contributed by atoms with Crippen molar-refractivity contribution in [3.05, 3.63) is 69.8 Å². The van der Waals surface area contributed by atoms with Crippen LogP contribution in [0.3, 0.4) is 0 Å². The highest BCUT2D eigenvalue weighted by Gasteiger charge is 2.47. The van der Waals surface area contributed by atoms with Gasteiger partial charge in [-0.3, -0.25) is 14.6 Å². The van der Waals surface area contributed by atoms with Crippen LogP contribution in [0.1, 0.15) is 84.2 Å². The number of hydrogen-bond acceptors (Lipinski definition) is 8. The van der Waals surface area contributed by atoms with Crippen molar-refractivity contribution >= 4 is 23.3 Å². The number of pyridine rings is 1. The van der Waals surface area contributed by atoms with E-state index in [1.54, 1.807) is 13.8 Å². The molecule has 7 rings (SSSR count). The molecule has 3 N–H and O–H groups in total. The molecule has 0 atom stereocenters. The molecule has 2 amide bonds. The van der Waals surface area contributed by atoms with E-state index in [1.165, 1.54) is 12.1 Å². The van der Waals surface area contributed by atoms with Gasteiger partial charge >= 0.3 is 6.18 Å². The van der Waals surface area contributed by atoms with Crippen molar-refractivity contribution in [3.8, 4) is 11.1 Å². The monoisotopic (exact) mass is 665 g/mol. The summed E-state index contributed by atoms with van der Waals surface area (Å²) in [7, 11) is 0. The Balaban J connectivity index is 1.18. The number of carbonyl (C=O) groups excluding carboxylic acids is 2. The second-order valence-electron chi connectivity index (χ2n) is 13.1. The lowest BCUT2D eigenvalue weighted by molar-refractivity contribution is -0.141. The Bertz CT molecular complexity index is 1820. The maximum atomic E-state index is 16.0. The molecule has 252 valence electrons. The average molecular weight is 666 g/mol. The van der Waals surface area contributed by atoms with Gasteiger partial charge < -0.3 is 20.7 Å². The minimum atomic E-state index is -4.57. The number of halogens is 4. The van der Waals surface area contributed by atoms with Gasteiger partial charge in [-0.15, -0.1) is 0 Å². The van der Waals surface area contributed by atoms with Crippen LogP contribution in [0.2, 0.25) is 0 Å². The van der Waals surface area contributed by atoms with E-state index in [0.29, 0.717) is 76.8 Å². The van der Waals surface area contributed by atoms with Crippen molar-refractivity contribution in [2.24, 2.45) is 10.7 Å². The van der Waals surface area contributed by atoms with E-state index in [0.717, 1.165) is 31.7 Å². The third kappa shape index (κ3) is 6.25. The molecule has 0 radical (unpaired) electrons. The number of carbonyl (C=O) groups is 2. The van der Waals surface area contributed by atoms with E-state index < -0.39 is 29.1 Å². The number of ether oxygens (including phenoxy) is 1. The molecule has 2 aliphatic carbocycles. The first-order valence-corrected chi connectivity index (χ1v) is 16.1. The molecular weight excluding hydrogens is 630 g/mol. The number of aryl methyl sites for hydroxylation is 2. The molecule has 3 fully saturated rings. The molecule has 1 aromatic carbocycles. The number of aliphatic imine (C=N–C) groups is 1. The van der Waals surface area contributed by atoms with Gasteiger partial charge in [-0.2, -0.15) is 13.2 Å². The number of alkyl halides is 3. The predicted molar refractivity (Wildman–Crippen MR) is 168 cm³/mol. The molecule has 1 saturated heterocycles. The van der Waals surface area contributed by atoms with Crippen molar-refractivity contribution in [3.63, 3.8) is 0 Å². The number of amides is 2. The van der Waals surface area contributed by atoms with E-state index in [4.69, 9.17) is 15.5 Å². The van der Waals surface area contributed by atoms with Crippen LogP contribution in [0.5, 0.6) is 0 Å². The van der Waals surface area contributed by atoms with Crippen molar-refractivity contribution in [1.82, 2.24) is 20.3 Å². The first kappa shape index (κ1) is 32.1. The standard InChI is InChI=1S/C34H35F4N7O3/c1-17-29(18(2)41-28(40-17)15-27(39)46)20-13-24(35)23(16-48-21-5-6-21)25(14-20)45-11-9-33(10-12-45)32(47)43-31(44-33)22-7-8-26(34(36,37)38)42-30(22)19-3-4-19/h7-8,13-14,19,21H,3-6,9-12,15-16H2,1-2H3,(H2,39,46)(H,43,44,47). The van der Waals surface area contributed by atoms with Crippen LogP contribution in [-0.2, 0) is 33.5 Å². The summed E-state index contributed by atoms with van der Waals surface area (Å²) in [5.41, 5.74) is 7.41. The van der Waals surface area contributed by atoms with E-state index in [9.17, 15) is 22.8 Å². The summed E-state index contributed by atoms with van der Waals surface area (Å²) in [6.45, 7) is 4.38. The number of rotatable bonds is 9. The third-order valence-corrected chi connectivity index (χ3v) is 9.44. The minimum Gasteiger partial charge on any atom is -0.373 e. The summed E-state index contributed by atoms with van der Waals surface area (Å²) >= 11 is 0. The van der Waals surface area contributed by atoms with Crippen molar-refractivity contribution in [2.75, 3.05) is 18.0 Å². The lowest BCUT2D eigenvalue weighted by Gasteiger charge is -2.38. The van der Waals surface area contributed by atoms with Crippen molar-refractivity contribution < 1.29 is 31.9 Å². The minimum absolute atomic E-state index is 0.0907. The number of hydrogen-bond donors (Lipinski definition) is 2. The Morgan fingerprint density at radius 3 is 2.35 bits per heavy atom. The van der Waals surface area contributed by atoms with E-state index in [-0.39, 0.29) is 36.8 Å². The zero-order valence-electron chi connectivity index (χ0n) is 26.6. The SMILES string of the molecule is Cc1nc(CC(N)=O)nc(C)c1-c1cc(F)c(COC2CC2)c(N2CCC3(CC2)N=C(c2ccc(C(F)(F)F)nc2C2CC2)NC3=O)c1. The molecular formula is C34H35F4N7O3. The predicted octanol–water partition coefficient (Wildman–Crippen LogP) is 4.81. The van der Waals surface area contributed by atoms with Gasteiger partial charge in [-0.05, 0) is 82.2 Å². The second kappa shape index (κ2) is 11.9. The van der Waals surface area contributed by atoms with Crippen LogP contribution in [0.25, 0.3) is 11.1 Å². The quantitative estimate of drug-likeness (QED) is 0.313. The first-order chi connectivity index (χ1) is 22.8. The topological polar surface area (TPSA) is 136 Å². The lowest BCUT2D eigenvalue weighted by atomic mass is 9.87. The molecule has 2 aliphatic heterocycles. The van der Waals surface area contributed by atoms with Gasteiger partial charge in [-0.25, -0.2) is 19.3 Å².